The molecule has 3 rings (SSSR count). The highest BCUT2D eigenvalue weighted by molar-refractivity contribution is 7.16. The highest BCUT2D eigenvalue weighted by Crippen LogP contribution is 2.33. The van der Waals surface area contributed by atoms with Crippen LogP contribution in [-0.4, -0.2) is 24.7 Å². The van der Waals surface area contributed by atoms with Crippen LogP contribution in [0.15, 0.2) is 41.4 Å². The van der Waals surface area contributed by atoms with Gasteiger partial charge in [-0.2, -0.15) is 4.99 Å². The topological polar surface area (TPSA) is 52.8 Å². The van der Waals surface area contributed by atoms with E-state index >= 15 is 0 Å². The van der Waals surface area contributed by atoms with Crippen LogP contribution in [0.25, 0.3) is 10.2 Å². The number of carbonyl (C=O) groups is 1. The van der Waals surface area contributed by atoms with E-state index in [1.54, 1.807) is 14.2 Å². The number of terminal acetylenes is 1. The lowest BCUT2D eigenvalue weighted by atomic mass is 10.0. The van der Waals surface area contributed by atoms with Gasteiger partial charge in [0.25, 0.3) is 5.91 Å². The second-order valence-electron chi connectivity index (χ2n) is 6.93. The fraction of sp³-hybridized carbons (Fsp3) is 0.304. The normalized spacial score (nSPS) is 11.7. The molecule has 0 unspecified atom stereocenters. The van der Waals surface area contributed by atoms with Crippen molar-refractivity contribution in [2.45, 2.75) is 32.7 Å². The minimum atomic E-state index is -0.210. The number of hydrogen-bond acceptors (Lipinski definition) is 4. The van der Waals surface area contributed by atoms with Crippen LogP contribution < -0.4 is 14.3 Å². The standard InChI is InChI=1S/C23H24N2O3S/c1-6-11-25-18-13-19(27-4)20(28-5)14-21(18)29-23(25)24-22(26)12-16-7-9-17(10-8-16)15(2)3/h1,7-10,13-15H,11-12H2,2-5H3. The second-order valence-corrected chi connectivity index (χ2v) is 7.94. The van der Waals surface area contributed by atoms with Crippen molar-refractivity contribution in [2.24, 2.45) is 4.99 Å². The molecule has 0 aliphatic rings. The van der Waals surface area contributed by atoms with Crippen LogP contribution in [0.1, 0.15) is 30.9 Å². The Balaban J connectivity index is 1.98. The zero-order chi connectivity index (χ0) is 21.0. The molecule has 0 saturated carbocycles. The molecular formula is C23H24N2O3S. The van der Waals surface area contributed by atoms with Crippen LogP contribution in [0.5, 0.6) is 11.5 Å². The van der Waals surface area contributed by atoms with Crippen LogP contribution in [0.2, 0.25) is 0 Å². The molecule has 2 aromatic carbocycles. The van der Waals surface area contributed by atoms with Crippen molar-refractivity contribution < 1.29 is 14.3 Å². The summed E-state index contributed by atoms with van der Waals surface area (Å²) in [6.45, 7) is 4.60. The third kappa shape index (κ3) is 4.52. The lowest BCUT2D eigenvalue weighted by Crippen LogP contribution is -2.17. The van der Waals surface area contributed by atoms with Gasteiger partial charge in [-0.3, -0.25) is 4.79 Å². The van der Waals surface area contributed by atoms with Gasteiger partial charge in [0, 0.05) is 12.1 Å². The van der Waals surface area contributed by atoms with Gasteiger partial charge in [0.2, 0.25) is 0 Å². The summed E-state index contributed by atoms with van der Waals surface area (Å²) < 4.78 is 13.5. The van der Waals surface area contributed by atoms with Crippen molar-refractivity contribution in [2.75, 3.05) is 14.2 Å². The number of benzene rings is 2. The molecule has 1 aromatic heterocycles. The lowest BCUT2D eigenvalue weighted by molar-refractivity contribution is -0.117. The molecule has 150 valence electrons. The lowest BCUT2D eigenvalue weighted by Gasteiger charge is -2.08. The van der Waals surface area contributed by atoms with E-state index in [0.29, 0.717) is 28.8 Å². The minimum Gasteiger partial charge on any atom is -0.493 e. The van der Waals surface area contributed by atoms with Crippen LogP contribution in [-0.2, 0) is 17.8 Å². The molecule has 3 aromatic rings. The molecule has 0 fully saturated rings. The Morgan fingerprint density at radius 3 is 2.41 bits per heavy atom. The van der Waals surface area contributed by atoms with Gasteiger partial charge in [-0.15, -0.1) is 6.42 Å². The van der Waals surface area contributed by atoms with E-state index in [9.17, 15) is 4.79 Å². The average Bonchev–Trinajstić information content (AvgIpc) is 3.03. The summed E-state index contributed by atoms with van der Waals surface area (Å²) in [5.41, 5.74) is 3.05. The van der Waals surface area contributed by atoms with Crippen molar-refractivity contribution in [1.29, 1.82) is 0 Å². The maximum absolute atomic E-state index is 12.6. The fourth-order valence-electron chi connectivity index (χ4n) is 3.07. The van der Waals surface area contributed by atoms with Gasteiger partial charge >= 0.3 is 0 Å². The van der Waals surface area contributed by atoms with Crippen molar-refractivity contribution in [1.82, 2.24) is 4.57 Å². The number of carbonyl (C=O) groups excluding carboxylic acids is 1. The predicted octanol–water partition coefficient (Wildman–Crippen LogP) is 4.15. The SMILES string of the molecule is C#CCn1c(=NC(=O)Cc2ccc(C(C)C)cc2)sc2cc(OC)c(OC)cc21. The smallest absolute Gasteiger partial charge is 0.252 e. The van der Waals surface area contributed by atoms with Crippen LogP contribution in [0.3, 0.4) is 0 Å². The van der Waals surface area contributed by atoms with Crippen molar-refractivity contribution >= 4 is 27.5 Å². The zero-order valence-corrected chi connectivity index (χ0v) is 17.9. The molecule has 0 radical (unpaired) electrons. The van der Waals surface area contributed by atoms with Crippen LogP contribution >= 0.6 is 11.3 Å². The summed E-state index contributed by atoms with van der Waals surface area (Å²) in [7, 11) is 3.17. The monoisotopic (exact) mass is 408 g/mol. The van der Waals surface area contributed by atoms with E-state index in [1.165, 1.54) is 16.9 Å². The quantitative estimate of drug-likeness (QED) is 0.576. The number of thiazole rings is 1. The molecule has 0 N–H and O–H groups in total. The molecule has 0 aliphatic heterocycles. The first-order chi connectivity index (χ1) is 14.0. The second kappa shape index (κ2) is 8.97. The van der Waals surface area contributed by atoms with E-state index < -0.39 is 0 Å². The Hall–Kier alpha value is -3.04. The number of amides is 1. The minimum absolute atomic E-state index is 0.210. The molecule has 1 amide bonds. The van der Waals surface area contributed by atoms with E-state index in [1.807, 2.05) is 28.8 Å². The molecule has 5 nitrogen and oxygen atoms in total. The maximum Gasteiger partial charge on any atom is 0.252 e. The molecule has 0 saturated heterocycles. The van der Waals surface area contributed by atoms with Gasteiger partial charge in [0.05, 0.1) is 37.4 Å². The maximum atomic E-state index is 12.6. The number of hydrogen-bond donors (Lipinski definition) is 0. The molecule has 29 heavy (non-hydrogen) atoms. The summed E-state index contributed by atoms with van der Waals surface area (Å²) in [6, 6.07) is 11.8. The third-order valence-corrected chi connectivity index (χ3v) is 5.70. The number of fused-ring (bicyclic) bond motifs is 1. The molecule has 0 bridgehead atoms. The highest BCUT2D eigenvalue weighted by atomic mass is 32.1. The number of rotatable bonds is 6. The van der Waals surface area contributed by atoms with E-state index in [-0.39, 0.29) is 12.3 Å². The summed E-state index contributed by atoms with van der Waals surface area (Å²) in [5, 5.41) is 0. The summed E-state index contributed by atoms with van der Waals surface area (Å²) in [4.78, 5) is 17.5. The molecule has 1 heterocycles. The van der Waals surface area contributed by atoms with Crippen molar-refractivity contribution in [3.63, 3.8) is 0 Å². The van der Waals surface area contributed by atoms with E-state index in [4.69, 9.17) is 15.9 Å². The predicted molar refractivity (Wildman–Crippen MR) is 117 cm³/mol. The average molecular weight is 409 g/mol. The Kier molecular flexibility index (Phi) is 6.40. The van der Waals surface area contributed by atoms with Gasteiger partial charge in [0.1, 0.15) is 0 Å². The van der Waals surface area contributed by atoms with Gasteiger partial charge in [-0.1, -0.05) is 55.4 Å². The first-order valence-corrected chi connectivity index (χ1v) is 10.1. The highest BCUT2D eigenvalue weighted by Gasteiger charge is 2.13. The summed E-state index contributed by atoms with van der Waals surface area (Å²) >= 11 is 1.40. The van der Waals surface area contributed by atoms with Crippen molar-refractivity contribution in [3.8, 4) is 23.8 Å². The Morgan fingerprint density at radius 2 is 1.83 bits per heavy atom. The number of nitrogens with zero attached hydrogens (tertiary/aromatic N) is 2. The fourth-order valence-corrected chi connectivity index (χ4v) is 4.12. The Bertz CT molecular complexity index is 1130. The van der Waals surface area contributed by atoms with Gasteiger partial charge in [0.15, 0.2) is 16.3 Å². The van der Waals surface area contributed by atoms with E-state index in [0.717, 1.165) is 15.8 Å². The van der Waals surface area contributed by atoms with Gasteiger partial charge in [-0.05, 0) is 17.0 Å². The first kappa shape index (κ1) is 20.7. The zero-order valence-electron chi connectivity index (χ0n) is 17.1. The number of methoxy groups -OCH3 is 2. The molecule has 0 aliphatic carbocycles. The molecule has 0 spiro atoms. The Morgan fingerprint density at radius 1 is 1.17 bits per heavy atom. The number of ether oxygens (including phenoxy) is 2. The third-order valence-electron chi connectivity index (χ3n) is 4.66. The first-order valence-electron chi connectivity index (χ1n) is 9.32. The molecule has 6 heteroatoms. The molecule has 0 atom stereocenters. The van der Waals surface area contributed by atoms with E-state index in [2.05, 4.69) is 36.9 Å². The van der Waals surface area contributed by atoms with Gasteiger partial charge < -0.3 is 14.0 Å². The van der Waals surface area contributed by atoms with Crippen molar-refractivity contribution in [3.05, 3.63) is 52.3 Å². The summed E-state index contributed by atoms with van der Waals surface area (Å²) in [6.07, 6.45) is 5.80. The number of aromatic nitrogens is 1. The Labute approximate surface area is 174 Å². The molecular weight excluding hydrogens is 384 g/mol. The van der Waals surface area contributed by atoms with Gasteiger partial charge in [-0.25, -0.2) is 0 Å². The van der Waals surface area contributed by atoms with Crippen LogP contribution in [0.4, 0.5) is 0 Å². The summed E-state index contributed by atoms with van der Waals surface area (Å²) in [5.74, 6) is 4.11. The largest absolute Gasteiger partial charge is 0.493 e. The van der Waals surface area contributed by atoms with Crippen LogP contribution in [0, 0.1) is 12.3 Å².